The lowest BCUT2D eigenvalue weighted by Crippen LogP contribution is -2.39. The molecule has 3 atom stereocenters. The third kappa shape index (κ3) is 6.29. The number of alkyl halides is 3. The molecule has 1 saturated carbocycles. The summed E-state index contributed by atoms with van der Waals surface area (Å²) in [7, 11) is -3.25. The summed E-state index contributed by atoms with van der Waals surface area (Å²) in [5.41, 5.74) is 5.27. The van der Waals surface area contributed by atoms with Crippen molar-refractivity contribution in [2.24, 2.45) is 23.5 Å². The summed E-state index contributed by atoms with van der Waals surface area (Å²) in [6.45, 7) is 1.95. The van der Waals surface area contributed by atoms with Crippen molar-refractivity contribution < 1.29 is 27.3 Å². The number of hydrogen-bond acceptors (Lipinski definition) is 4. The molecule has 0 radical (unpaired) electrons. The maximum Gasteiger partial charge on any atom is 0.392 e. The Morgan fingerprint density at radius 1 is 1.35 bits per heavy atom. The highest BCUT2D eigenvalue weighted by atomic mass is 32.2. The topological polar surface area (TPSA) is 104 Å². The molecule has 1 unspecified atom stereocenters. The van der Waals surface area contributed by atoms with Crippen molar-refractivity contribution in [3.8, 4) is 0 Å². The smallest absolute Gasteiger partial charge is 0.392 e. The second-order valence-corrected chi connectivity index (χ2v) is 8.84. The summed E-state index contributed by atoms with van der Waals surface area (Å²) in [6.07, 6.45) is -2.93. The van der Waals surface area contributed by atoms with Crippen LogP contribution in [0.5, 0.6) is 0 Å². The Kier molecular flexibility index (Phi) is 6.88. The van der Waals surface area contributed by atoms with Gasteiger partial charge in [0.1, 0.15) is 6.04 Å². The van der Waals surface area contributed by atoms with Crippen LogP contribution in [0.15, 0.2) is 0 Å². The van der Waals surface area contributed by atoms with E-state index in [1.165, 1.54) is 0 Å². The summed E-state index contributed by atoms with van der Waals surface area (Å²) in [6, 6.07) is -1.24. The van der Waals surface area contributed by atoms with Crippen molar-refractivity contribution in [1.29, 1.82) is 4.78 Å². The Bertz CT molecular complexity index is 502. The van der Waals surface area contributed by atoms with Crippen molar-refractivity contribution >= 4 is 15.7 Å². The molecule has 0 aromatic rings. The molecule has 0 saturated heterocycles. The Hall–Kier alpha value is -0.830. The largest absolute Gasteiger partial charge is 0.480 e. The van der Waals surface area contributed by atoms with Gasteiger partial charge in [-0.1, -0.05) is 13.3 Å². The van der Waals surface area contributed by atoms with Crippen LogP contribution < -0.4 is 5.73 Å². The van der Waals surface area contributed by atoms with E-state index in [0.717, 1.165) is 6.42 Å². The van der Waals surface area contributed by atoms with E-state index in [4.69, 9.17) is 15.6 Å². The van der Waals surface area contributed by atoms with E-state index in [-0.39, 0.29) is 24.3 Å². The number of rotatable bonds is 9. The average Bonchev–Trinajstić information content (AvgIpc) is 2.36. The molecule has 1 fully saturated rings. The summed E-state index contributed by atoms with van der Waals surface area (Å²) < 4.78 is 59.2. The molecule has 1 aliphatic carbocycles. The van der Waals surface area contributed by atoms with Crippen LogP contribution in [0, 0.1) is 22.5 Å². The van der Waals surface area contributed by atoms with E-state index in [1.807, 2.05) is 6.92 Å². The fourth-order valence-corrected chi connectivity index (χ4v) is 4.45. The molecule has 4 N–H and O–H groups in total. The van der Waals surface area contributed by atoms with Crippen LogP contribution >= 0.6 is 0 Å². The number of aliphatic carboxylic acids is 1. The van der Waals surface area contributed by atoms with Crippen LogP contribution in [0.2, 0.25) is 0 Å². The van der Waals surface area contributed by atoms with Crippen molar-refractivity contribution in [2.45, 2.75) is 51.2 Å². The van der Waals surface area contributed by atoms with E-state index in [9.17, 15) is 22.2 Å². The average molecular weight is 358 g/mol. The Balaban J connectivity index is 2.55. The Labute approximate surface area is 134 Å². The fraction of sp³-hybridized carbons (Fsp3) is 0.929. The first-order chi connectivity index (χ1) is 10.5. The first-order valence-corrected chi connectivity index (χ1v) is 9.65. The van der Waals surface area contributed by atoms with Crippen LogP contribution in [-0.2, 0) is 14.5 Å². The second kappa shape index (κ2) is 7.83. The highest BCUT2D eigenvalue weighted by Crippen LogP contribution is 2.48. The minimum Gasteiger partial charge on any atom is -0.480 e. The zero-order valence-corrected chi connectivity index (χ0v) is 14.0. The number of nitrogens with one attached hydrogen (secondary N) is 1. The third-order valence-corrected chi connectivity index (χ3v) is 6.46. The van der Waals surface area contributed by atoms with E-state index >= 15 is 0 Å². The molecule has 5 nitrogen and oxygen atoms in total. The van der Waals surface area contributed by atoms with Gasteiger partial charge in [-0.15, -0.1) is 0 Å². The Morgan fingerprint density at radius 2 is 1.87 bits per heavy atom. The van der Waals surface area contributed by atoms with Gasteiger partial charge < -0.3 is 10.8 Å². The van der Waals surface area contributed by atoms with Crippen LogP contribution in [-0.4, -0.2) is 39.0 Å². The summed E-state index contributed by atoms with van der Waals surface area (Å²) in [4.78, 5) is 10.6. The zero-order valence-electron chi connectivity index (χ0n) is 13.1. The molecule has 1 aliphatic rings. The highest BCUT2D eigenvalue weighted by Gasteiger charge is 2.48. The summed E-state index contributed by atoms with van der Waals surface area (Å²) in [5.74, 6) is -3.56. The summed E-state index contributed by atoms with van der Waals surface area (Å²) in [5, 5.41) is 8.64. The van der Waals surface area contributed by atoms with Crippen molar-refractivity contribution in [1.82, 2.24) is 0 Å². The van der Waals surface area contributed by atoms with Crippen LogP contribution in [0.3, 0.4) is 0 Å². The van der Waals surface area contributed by atoms with E-state index in [1.54, 1.807) is 0 Å². The maximum absolute atomic E-state index is 13.2. The van der Waals surface area contributed by atoms with Gasteiger partial charge in [0.2, 0.25) is 0 Å². The number of carbonyl (C=O) groups is 1. The number of nitrogens with two attached hydrogens (primary N) is 1. The molecule has 0 bridgehead atoms. The molecular formula is C14H25F3N2O3S. The van der Waals surface area contributed by atoms with Gasteiger partial charge in [0.05, 0.1) is 5.92 Å². The highest BCUT2D eigenvalue weighted by molar-refractivity contribution is 7.92. The summed E-state index contributed by atoms with van der Waals surface area (Å²) >= 11 is 0. The van der Waals surface area contributed by atoms with Gasteiger partial charge >= 0.3 is 12.1 Å². The molecule has 136 valence electrons. The Morgan fingerprint density at radius 3 is 2.30 bits per heavy atom. The lowest BCUT2D eigenvalue weighted by atomic mass is 9.66. The first kappa shape index (κ1) is 20.2. The van der Waals surface area contributed by atoms with Gasteiger partial charge in [0.25, 0.3) is 0 Å². The molecule has 0 amide bonds. The van der Waals surface area contributed by atoms with Crippen molar-refractivity contribution in [2.75, 3.05) is 11.5 Å². The number of carboxylic acids is 1. The second-order valence-electron chi connectivity index (χ2n) is 6.40. The predicted octanol–water partition coefficient (Wildman–Crippen LogP) is 2.84. The van der Waals surface area contributed by atoms with Gasteiger partial charge in [-0.3, -0.25) is 9.57 Å². The quantitative estimate of drug-likeness (QED) is 0.589. The van der Waals surface area contributed by atoms with Gasteiger partial charge in [-0.2, -0.15) is 13.2 Å². The van der Waals surface area contributed by atoms with E-state index in [2.05, 4.69) is 0 Å². The van der Waals surface area contributed by atoms with E-state index in [0.29, 0.717) is 18.8 Å². The molecule has 0 aliphatic heterocycles. The minimum absolute atomic E-state index is 0.171. The lowest BCUT2D eigenvalue weighted by Gasteiger charge is -2.41. The van der Waals surface area contributed by atoms with E-state index < -0.39 is 39.8 Å². The van der Waals surface area contributed by atoms with Gasteiger partial charge in [-0.05, 0) is 37.5 Å². The molecule has 23 heavy (non-hydrogen) atoms. The van der Waals surface area contributed by atoms with Crippen LogP contribution in [0.1, 0.15) is 39.0 Å². The molecule has 1 rings (SSSR count). The molecule has 0 heterocycles. The SMILES string of the molecule is CCC1CC([C@H](CCS(=N)(=O)CC[C@H](N)C(=O)O)C(F)(F)F)C1. The third-order valence-electron chi connectivity index (χ3n) is 4.67. The first-order valence-electron chi connectivity index (χ1n) is 7.75. The number of hydrogen-bond donors (Lipinski definition) is 3. The van der Waals surface area contributed by atoms with Crippen molar-refractivity contribution in [3.05, 3.63) is 0 Å². The molecular weight excluding hydrogens is 333 g/mol. The standard InChI is InChI=1S/C14H25F3N2O3S/c1-2-9-7-10(8-9)11(14(15,16)17)3-5-23(19,22)6-4-12(18)13(20)21/h9-12,19H,2-8,18H2,1H3,(H,20,21)/t9?,10?,11-,12-,23?/m0/s1. The number of halogens is 3. The molecule has 0 spiro atoms. The van der Waals surface area contributed by atoms with Crippen LogP contribution in [0.4, 0.5) is 13.2 Å². The van der Waals surface area contributed by atoms with Gasteiger partial charge in [-0.25, -0.2) is 4.21 Å². The van der Waals surface area contributed by atoms with Crippen LogP contribution in [0.25, 0.3) is 0 Å². The normalized spacial score (nSPS) is 26.8. The maximum atomic E-state index is 13.2. The van der Waals surface area contributed by atoms with Gasteiger partial charge in [0.15, 0.2) is 0 Å². The molecule has 0 aromatic heterocycles. The molecule has 0 aromatic carbocycles. The molecule has 9 heteroatoms. The van der Waals surface area contributed by atoms with Gasteiger partial charge in [0, 0.05) is 21.2 Å². The van der Waals surface area contributed by atoms with Crippen molar-refractivity contribution in [3.63, 3.8) is 0 Å². The minimum atomic E-state index is -4.35. The number of carboxylic acid groups (broad SMARTS) is 1. The monoisotopic (exact) mass is 358 g/mol. The fourth-order valence-electron chi connectivity index (χ4n) is 2.98. The zero-order chi connectivity index (χ0) is 17.8. The predicted molar refractivity (Wildman–Crippen MR) is 81.5 cm³/mol. The lowest BCUT2D eigenvalue weighted by molar-refractivity contribution is -0.201.